The molecule has 0 aromatic heterocycles. The summed E-state index contributed by atoms with van der Waals surface area (Å²) < 4.78 is 28.2. The van der Waals surface area contributed by atoms with Crippen LogP contribution in [0.3, 0.4) is 0 Å². The van der Waals surface area contributed by atoms with Crippen LogP contribution in [0.5, 0.6) is 0 Å². The van der Waals surface area contributed by atoms with Crippen LogP contribution >= 0.6 is 0 Å². The van der Waals surface area contributed by atoms with Gasteiger partial charge >= 0.3 is 10.2 Å². The highest BCUT2D eigenvalue weighted by molar-refractivity contribution is 7.88. The Kier molecular flexibility index (Phi) is 2.14. The molecule has 0 atom stereocenters. The Morgan fingerprint density at radius 3 is 2.64 bits per heavy atom. The van der Waals surface area contributed by atoms with Gasteiger partial charge < -0.3 is 0 Å². The lowest BCUT2D eigenvalue weighted by Crippen LogP contribution is -2.32. The van der Waals surface area contributed by atoms with E-state index in [1.807, 2.05) is 6.92 Å². The molecule has 1 aliphatic carbocycles. The summed E-state index contributed by atoms with van der Waals surface area (Å²) in [5.74, 6) is 0. The molecule has 4 nitrogen and oxygen atoms in total. The second-order valence-corrected chi connectivity index (χ2v) is 5.38. The van der Waals surface area contributed by atoms with Crippen molar-refractivity contribution in [3.05, 3.63) is 11.3 Å². The summed E-state index contributed by atoms with van der Waals surface area (Å²) in [6.45, 7) is 1.85. The first-order chi connectivity index (χ1) is 6.52. The Morgan fingerprint density at radius 2 is 1.93 bits per heavy atom. The van der Waals surface area contributed by atoms with Crippen molar-refractivity contribution in [3.63, 3.8) is 0 Å². The van der Waals surface area contributed by atoms with E-state index in [-0.39, 0.29) is 0 Å². The summed E-state index contributed by atoms with van der Waals surface area (Å²) in [6.07, 6.45) is 3.96. The predicted molar refractivity (Wildman–Crippen MR) is 55.3 cm³/mol. The average Bonchev–Trinajstić information content (AvgIpc) is 2.14. The van der Waals surface area contributed by atoms with Crippen molar-refractivity contribution in [1.29, 1.82) is 0 Å². The monoisotopic (exact) mass is 214 g/mol. The van der Waals surface area contributed by atoms with Gasteiger partial charge in [-0.05, 0) is 38.2 Å². The van der Waals surface area contributed by atoms with E-state index in [0.717, 1.165) is 42.7 Å². The molecule has 1 saturated carbocycles. The fourth-order valence-corrected chi connectivity index (χ4v) is 3.00. The molecule has 14 heavy (non-hydrogen) atoms. The molecule has 2 rings (SSSR count). The fraction of sp³-hybridized carbons (Fsp3) is 0.667. The van der Waals surface area contributed by atoms with Gasteiger partial charge in [-0.2, -0.15) is 8.42 Å². The van der Waals surface area contributed by atoms with E-state index in [4.69, 9.17) is 0 Å². The Hall–Kier alpha value is -0.840. The van der Waals surface area contributed by atoms with Crippen molar-refractivity contribution in [2.75, 3.05) is 7.05 Å². The van der Waals surface area contributed by atoms with Gasteiger partial charge in [-0.25, -0.2) is 0 Å². The molecule has 1 fully saturated rings. The maximum absolute atomic E-state index is 11.6. The predicted octanol–water partition coefficient (Wildman–Crippen LogP) is 1.47. The molecule has 0 N–H and O–H groups in total. The largest absolute Gasteiger partial charge is 0.344 e. The lowest BCUT2D eigenvalue weighted by molar-refractivity contribution is 0.517. The summed E-state index contributed by atoms with van der Waals surface area (Å²) in [5, 5.41) is 0. The highest BCUT2D eigenvalue weighted by Gasteiger charge is 2.29. The van der Waals surface area contributed by atoms with Gasteiger partial charge in [0.1, 0.15) is 0 Å². The van der Waals surface area contributed by atoms with Gasteiger partial charge in [-0.15, -0.1) is 4.40 Å². The van der Waals surface area contributed by atoms with Gasteiger partial charge in [0, 0.05) is 12.7 Å². The zero-order chi connectivity index (χ0) is 10.3. The number of hydrogen-bond donors (Lipinski definition) is 0. The zero-order valence-electron chi connectivity index (χ0n) is 8.45. The average molecular weight is 214 g/mol. The normalized spacial score (nSPS) is 25.9. The molecule has 5 heteroatoms. The molecular weight excluding hydrogens is 200 g/mol. The number of nitrogens with zero attached hydrogens (tertiary/aromatic N) is 2. The van der Waals surface area contributed by atoms with Gasteiger partial charge in [-0.3, -0.25) is 4.31 Å². The Bertz CT molecular complexity index is 420. The first-order valence-corrected chi connectivity index (χ1v) is 6.20. The molecule has 0 saturated heterocycles. The Morgan fingerprint density at radius 1 is 1.29 bits per heavy atom. The first kappa shape index (κ1) is 9.71. The number of allylic oxidation sites excluding steroid dienone is 2. The maximum atomic E-state index is 11.6. The molecule has 1 aliphatic heterocycles. The van der Waals surface area contributed by atoms with E-state index in [2.05, 4.69) is 4.40 Å². The molecule has 1 heterocycles. The van der Waals surface area contributed by atoms with Crippen LogP contribution < -0.4 is 0 Å². The summed E-state index contributed by atoms with van der Waals surface area (Å²) in [7, 11) is -1.86. The van der Waals surface area contributed by atoms with Crippen molar-refractivity contribution >= 4 is 15.9 Å². The van der Waals surface area contributed by atoms with E-state index in [9.17, 15) is 8.42 Å². The molecule has 0 unspecified atom stereocenters. The van der Waals surface area contributed by atoms with E-state index < -0.39 is 10.2 Å². The van der Waals surface area contributed by atoms with E-state index >= 15 is 0 Å². The third-order valence-corrected chi connectivity index (χ3v) is 4.34. The lowest BCUT2D eigenvalue weighted by Gasteiger charge is -2.29. The number of hydrogen-bond acceptors (Lipinski definition) is 2. The van der Waals surface area contributed by atoms with Crippen LogP contribution in [0, 0.1) is 0 Å². The Balaban J connectivity index is 2.53. The smallest absolute Gasteiger partial charge is 0.259 e. The molecular formula is C9H14N2O2S. The highest BCUT2D eigenvalue weighted by atomic mass is 32.2. The van der Waals surface area contributed by atoms with E-state index in [1.54, 1.807) is 7.05 Å². The van der Waals surface area contributed by atoms with Crippen LogP contribution in [0.25, 0.3) is 0 Å². The Labute approximate surface area is 84.5 Å². The van der Waals surface area contributed by atoms with Crippen molar-refractivity contribution in [1.82, 2.24) is 4.31 Å². The molecule has 78 valence electrons. The van der Waals surface area contributed by atoms with Crippen molar-refractivity contribution in [3.8, 4) is 0 Å². The van der Waals surface area contributed by atoms with Crippen LogP contribution in [0.15, 0.2) is 15.7 Å². The standard InChI is InChI=1S/C9H14N2O2S/c1-7-8-5-3-4-6-9(8)10-14(12,13)11(7)2/h3-6H2,1-2H3. The minimum atomic E-state index is -3.42. The van der Waals surface area contributed by atoms with Crippen LogP contribution in [0.4, 0.5) is 0 Å². The van der Waals surface area contributed by atoms with Crippen molar-refractivity contribution < 1.29 is 8.42 Å². The maximum Gasteiger partial charge on any atom is 0.344 e. The van der Waals surface area contributed by atoms with Gasteiger partial charge in [0.05, 0.1) is 5.71 Å². The third-order valence-electron chi connectivity index (χ3n) is 2.92. The van der Waals surface area contributed by atoms with Gasteiger partial charge in [0.15, 0.2) is 0 Å². The van der Waals surface area contributed by atoms with Gasteiger partial charge in [0.2, 0.25) is 0 Å². The zero-order valence-corrected chi connectivity index (χ0v) is 9.26. The summed E-state index contributed by atoms with van der Waals surface area (Å²) >= 11 is 0. The van der Waals surface area contributed by atoms with Crippen LogP contribution in [-0.4, -0.2) is 25.5 Å². The first-order valence-electron chi connectivity index (χ1n) is 4.80. The minimum Gasteiger partial charge on any atom is -0.259 e. The van der Waals surface area contributed by atoms with E-state index in [1.165, 1.54) is 4.31 Å². The number of fused-ring (bicyclic) bond motifs is 1. The minimum absolute atomic E-state index is 0.784. The van der Waals surface area contributed by atoms with Crippen molar-refractivity contribution in [2.24, 2.45) is 4.40 Å². The van der Waals surface area contributed by atoms with Crippen molar-refractivity contribution in [2.45, 2.75) is 32.6 Å². The molecule has 0 amide bonds. The van der Waals surface area contributed by atoms with Crippen LogP contribution in [-0.2, 0) is 10.2 Å². The molecule has 0 radical (unpaired) electrons. The number of rotatable bonds is 0. The van der Waals surface area contributed by atoms with Gasteiger partial charge in [-0.1, -0.05) is 0 Å². The molecule has 0 aromatic carbocycles. The quantitative estimate of drug-likeness (QED) is 0.613. The van der Waals surface area contributed by atoms with Gasteiger partial charge in [0.25, 0.3) is 0 Å². The topological polar surface area (TPSA) is 49.7 Å². The second kappa shape index (κ2) is 3.08. The second-order valence-electron chi connectivity index (χ2n) is 3.75. The van der Waals surface area contributed by atoms with E-state index in [0.29, 0.717) is 0 Å². The van der Waals surface area contributed by atoms with Crippen LogP contribution in [0.1, 0.15) is 32.6 Å². The molecule has 0 spiro atoms. The summed E-state index contributed by atoms with van der Waals surface area (Å²) in [6, 6.07) is 0. The molecule has 0 bridgehead atoms. The summed E-state index contributed by atoms with van der Waals surface area (Å²) in [5.41, 5.74) is 2.76. The fourth-order valence-electron chi connectivity index (χ4n) is 1.94. The summed E-state index contributed by atoms with van der Waals surface area (Å²) in [4.78, 5) is 0. The molecule has 2 aliphatic rings. The van der Waals surface area contributed by atoms with Crippen LogP contribution in [0.2, 0.25) is 0 Å². The third kappa shape index (κ3) is 1.35. The SMILES string of the molecule is CC1=C2CCCCC2=NS(=O)(=O)N1C. The lowest BCUT2D eigenvalue weighted by atomic mass is 9.91. The molecule has 0 aromatic rings. The highest BCUT2D eigenvalue weighted by Crippen LogP contribution is 2.30.